The molecule has 1 N–H and O–H groups in total. The minimum Gasteiger partial charge on any atom is -0.453 e. The maximum Gasteiger partial charge on any atom is 0.155 e. The second kappa shape index (κ2) is 7.63. The summed E-state index contributed by atoms with van der Waals surface area (Å²) in [5.41, 5.74) is 4.81. The Balaban J connectivity index is 1.97. The van der Waals surface area contributed by atoms with Gasteiger partial charge in [-0.3, -0.25) is 4.99 Å². The van der Waals surface area contributed by atoms with E-state index in [2.05, 4.69) is 57.3 Å². The molecule has 0 amide bonds. The van der Waals surface area contributed by atoms with Crippen molar-refractivity contribution in [1.82, 2.24) is 4.98 Å². The van der Waals surface area contributed by atoms with Gasteiger partial charge in [0.1, 0.15) is 11.2 Å². The standard InChI is InChI=1S/C24H27N3O/c1-5-25-19-13-22-21(12-16(19)4)27-24-18-9-7-6-8-17(18)20(14-23(24)28-22)26-11-10-15(2)3/h6-9,12-15,25H,5,10-11H2,1-4H3. The van der Waals surface area contributed by atoms with Crippen LogP contribution in [0.5, 0.6) is 0 Å². The average molecular weight is 374 g/mol. The first-order chi connectivity index (χ1) is 13.6. The molecule has 0 bridgehead atoms. The zero-order valence-corrected chi connectivity index (χ0v) is 17.0. The Morgan fingerprint density at radius 2 is 1.89 bits per heavy atom. The smallest absolute Gasteiger partial charge is 0.155 e. The van der Waals surface area contributed by atoms with Gasteiger partial charge in [-0.1, -0.05) is 38.1 Å². The van der Waals surface area contributed by atoms with Crippen molar-refractivity contribution >= 4 is 27.6 Å². The van der Waals surface area contributed by atoms with Crippen LogP contribution in [-0.2, 0) is 0 Å². The molecule has 0 atom stereocenters. The Bertz CT molecular complexity index is 1170. The van der Waals surface area contributed by atoms with Gasteiger partial charge in [-0.2, -0.15) is 0 Å². The third kappa shape index (κ3) is 3.47. The van der Waals surface area contributed by atoms with Crippen molar-refractivity contribution in [2.45, 2.75) is 34.1 Å². The van der Waals surface area contributed by atoms with Crippen LogP contribution in [0.1, 0.15) is 32.8 Å². The van der Waals surface area contributed by atoms with Crippen LogP contribution in [0.15, 0.2) is 51.9 Å². The van der Waals surface area contributed by atoms with Crippen LogP contribution in [0, 0.1) is 12.8 Å². The summed E-state index contributed by atoms with van der Waals surface area (Å²) in [6, 6.07) is 14.5. The molecule has 2 aromatic rings. The van der Waals surface area contributed by atoms with E-state index in [9.17, 15) is 0 Å². The van der Waals surface area contributed by atoms with Crippen molar-refractivity contribution in [2.24, 2.45) is 10.9 Å². The van der Waals surface area contributed by atoms with Crippen molar-refractivity contribution in [1.29, 1.82) is 0 Å². The van der Waals surface area contributed by atoms with Gasteiger partial charge >= 0.3 is 0 Å². The fraction of sp³-hybridized carbons (Fsp3) is 0.333. The number of anilines is 1. The lowest BCUT2D eigenvalue weighted by Crippen LogP contribution is -2.08. The summed E-state index contributed by atoms with van der Waals surface area (Å²) in [7, 11) is 0. The Morgan fingerprint density at radius 3 is 2.64 bits per heavy atom. The molecule has 0 aromatic heterocycles. The number of aryl methyl sites for hydroxylation is 1. The second-order valence-corrected chi connectivity index (χ2v) is 7.73. The molecule has 28 heavy (non-hydrogen) atoms. The first-order valence-corrected chi connectivity index (χ1v) is 10.1. The van der Waals surface area contributed by atoms with Gasteiger partial charge in [0.05, 0.1) is 5.36 Å². The molecule has 0 unspecified atom stereocenters. The number of aromatic nitrogens is 1. The monoisotopic (exact) mass is 373 g/mol. The summed E-state index contributed by atoms with van der Waals surface area (Å²) < 4.78 is 6.30. The van der Waals surface area contributed by atoms with Gasteiger partial charge in [-0.15, -0.1) is 0 Å². The van der Waals surface area contributed by atoms with Crippen molar-refractivity contribution in [3.05, 3.63) is 53.4 Å². The van der Waals surface area contributed by atoms with E-state index in [0.717, 1.165) is 63.9 Å². The number of hydrogen-bond donors (Lipinski definition) is 1. The highest BCUT2D eigenvalue weighted by Gasteiger charge is 2.15. The summed E-state index contributed by atoms with van der Waals surface area (Å²) in [5, 5.41) is 6.58. The lowest BCUT2D eigenvalue weighted by atomic mass is 10.0. The summed E-state index contributed by atoms with van der Waals surface area (Å²) in [6.45, 7) is 10.3. The largest absolute Gasteiger partial charge is 0.453 e. The normalized spacial score (nSPS) is 12.5. The van der Waals surface area contributed by atoms with Crippen molar-refractivity contribution in [2.75, 3.05) is 18.4 Å². The highest BCUT2D eigenvalue weighted by atomic mass is 16.3. The Labute approximate surface area is 165 Å². The number of rotatable bonds is 5. The van der Waals surface area contributed by atoms with Gasteiger partial charge in [0.15, 0.2) is 11.3 Å². The molecule has 4 heteroatoms. The predicted molar refractivity (Wildman–Crippen MR) is 117 cm³/mol. The van der Waals surface area contributed by atoms with Gasteiger partial charge in [0.2, 0.25) is 0 Å². The SMILES string of the molecule is CCNc1cc2oc3cc(=NCCC(C)C)c4ccccc4c-3nc2cc1C. The third-order valence-corrected chi connectivity index (χ3v) is 5.07. The second-order valence-electron chi connectivity index (χ2n) is 7.73. The topological polar surface area (TPSA) is 50.4 Å². The fourth-order valence-electron chi connectivity index (χ4n) is 3.54. The molecule has 0 spiro atoms. The zero-order valence-electron chi connectivity index (χ0n) is 17.0. The molecule has 0 fully saturated rings. The lowest BCUT2D eigenvalue weighted by Gasteiger charge is -2.13. The van der Waals surface area contributed by atoms with E-state index in [0.29, 0.717) is 5.92 Å². The number of hydrogen-bond acceptors (Lipinski definition) is 4. The molecular weight excluding hydrogens is 346 g/mol. The summed E-state index contributed by atoms with van der Waals surface area (Å²) in [6.07, 6.45) is 1.07. The third-order valence-electron chi connectivity index (χ3n) is 5.07. The van der Waals surface area contributed by atoms with Crippen molar-refractivity contribution < 1.29 is 4.42 Å². The molecule has 4 rings (SSSR count). The average Bonchev–Trinajstić information content (AvgIpc) is 2.67. The maximum atomic E-state index is 6.30. The Morgan fingerprint density at radius 1 is 1.11 bits per heavy atom. The zero-order chi connectivity index (χ0) is 19.7. The summed E-state index contributed by atoms with van der Waals surface area (Å²) >= 11 is 0. The van der Waals surface area contributed by atoms with Crippen LogP contribution in [0.3, 0.4) is 0 Å². The molecular formula is C24H27N3O. The van der Waals surface area contributed by atoms with Gasteiger partial charge < -0.3 is 9.73 Å². The van der Waals surface area contributed by atoms with E-state index >= 15 is 0 Å². The molecule has 0 saturated heterocycles. The lowest BCUT2D eigenvalue weighted by molar-refractivity contribution is 0.592. The van der Waals surface area contributed by atoms with Gasteiger partial charge in [0, 0.05) is 41.7 Å². The molecule has 4 nitrogen and oxygen atoms in total. The van der Waals surface area contributed by atoms with E-state index < -0.39 is 0 Å². The van der Waals surface area contributed by atoms with Crippen LogP contribution in [0.25, 0.3) is 33.3 Å². The van der Waals surface area contributed by atoms with E-state index in [1.165, 1.54) is 5.56 Å². The molecule has 2 aromatic carbocycles. The first-order valence-electron chi connectivity index (χ1n) is 10.1. The predicted octanol–water partition coefficient (Wildman–Crippen LogP) is 5.77. The van der Waals surface area contributed by atoms with Gasteiger partial charge in [-0.05, 0) is 37.8 Å². The number of benzene rings is 3. The van der Waals surface area contributed by atoms with Crippen LogP contribution in [-0.4, -0.2) is 18.1 Å². The molecule has 144 valence electrons. The minimum atomic E-state index is 0.637. The molecule has 1 aliphatic heterocycles. The van der Waals surface area contributed by atoms with E-state index in [4.69, 9.17) is 14.4 Å². The molecule has 1 heterocycles. The van der Waals surface area contributed by atoms with Gasteiger partial charge in [-0.25, -0.2) is 4.98 Å². The van der Waals surface area contributed by atoms with Crippen molar-refractivity contribution in [3.8, 4) is 11.5 Å². The molecule has 0 saturated carbocycles. The summed E-state index contributed by atoms with van der Waals surface area (Å²) in [5.74, 6) is 1.42. The van der Waals surface area contributed by atoms with Crippen LogP contribution in [0.2, 0.25) is 0 Å². The fourth-order valence-corrected chi connectivity index (χ4v) is 3.54. The van der Waals surface area contributed by atoms with E-state index in [1.807, 2.05) is 18.2 Å². The molecule has 2 aliphatic rings. The highest BCUT2D eigenvalue weighted by Crippen LogP contribution is 2.32. The van der Waals surface area contributed by atoms with E-state index in [1.54, 1.807) is 0 Å². The van der Waals surface area contributed by atoms with Crippen LogP contribution < -0.4 is 10.7 Å². The molecule has 1 aliphatic carbocycles. The summed E-state index contributed by atoms with van der Waals surface area (Å²) in [4.78, 5) is 9.82. The number of fused-ring (bicyclic) bond motifs is 4. The van der Waals surface area contributed by atoms with E-state index in [-0.39, 0.29) is 0 Å². The van der Waals surface area contributed by atoms with Crippen LogP contribution in [0.4, 0.5) is 5.69 Å². The molecule has 0 radical (unpaired) electrons. The number of nitrogens with zero attached hydrogens (tertiary/aromatic N) is 2. The Hall–Kier alpha value is -2.88. The van der Waals surface area contributed by atoms with Gasteiger partial charge in [0.25, 0.3) is 0 Å². The highest BCUT2D eigenvalue weighted by molar-refractivity contribution is 5.96. The quantitative estimate of drug-likeness (QED) is 0.357. The first kappa shape index (κ1) is 18.5. The number of nitrogens with one attached hydrogen (secondary N) is 1. The maximum absolute atomic E-state index is 6.30. The van der Waals surface area contributed by atoms with Crippen LogP contribution >= 0.6 is 0 Å². The van der Waals surface area contributed by atoms with Crippen molar-refractivity contribution in [3.63, 3.8) is 0 Å². The minimum absolute atomic E-state index is 0.637. The Kier molecular flexibility index (Phi) is 5.03.